The van der Waals surface area contributed by atoms with Gasteiger partial charge in [-0.15, -0.1) is 0 Å². The van der Waals surface area contributed by atoms with Gasteiger partial charge in [-0.25, -0.2) is 8.78 Å². The summed E-state index contributed by atoms with van der Waals surface area (Å²) in [7, 11) is 1.40. The van der Waals surface area contributed by atoms with E-state index in [2.05, 4.69) is 4.98 Å². The SMILES string of the molecule is COc1cc(F)c(F)c2ccncc12. The number of pyridine rings is 1. The molecule has 14 heavy (non-hydrogen) atoms. The van der Waals surface area contributed by atoms with Gasteiger partial charge in [-0.2, -0.15) is 0 Å². The summed E-state index contributed by atoms with van der Waals surface area (Å²) >= 11 is 0. The molecule has 0 unspecified atom stereocenters. The molecule has 1 aromatic carbocycles. The number of benzene rings is 1. The van der Waals surface area contributed by atoms with Crippen LogP contribution < -0.4 is 4.74 Å². The Labute approximate surface area is 79.1 Å². The van der Waals surface area contributed by atoms with Gasteiger partial charge in [0, 0.05) is 29.2 Å². The number of rotatable bonds is 1. The van der Waals surface area contributed by atoms with E-state index >= 15 is 0 Å². The van der Waals surface area contributed by atoms with Crippen molar-refractivity contribution in [3.05, 3.63) is 36.2 Å². The molecule has 0 amide bonds. The summed E-state index contributed by atoms with van der Waals surface area (Å²) in [5.41, 5.74) is 0. The Morgan fingerprint density at radius 2 is 2.07 bits per heavy atom. The summed E-state index contributed by atoms with van der Waals surface area (Å²) in [6.45, 7) is 0. The second kappa shape index (κ2) is 3.21. The van der Waals surface area contributed by atoms with Crippen LogP contribution in [0.1, 0.15) is 0 Å². The molecule has 0 N–H and O–H groups in total. The predicted octanol–water partition coefficient (Wildman–Crippen LogP) is 2.52. The summed E-state index contributed by atoms with van der Waals surface area (Å²) in [6, 6.07) is 2.43. The number of hydrogen-bond acceptors (Lipinski definition) is 2. The number of fused-ring (bicyclic) bond motifs is 1. The summed E-state index contributed by atoms with van der Waals surface area (Å²) in [4.78, 5) is 3.82. The van der Waals surface area contributed by atoms with Crippen LogP contribution in [0.4, 0.5) is 8.78 Å². The Morgan fingerprint density at radius 1 is 1.29 bits per heavy atom. The smallest absolute Gasteiger partial charge is 0.167 e. The predicted molar refractivity (Wildman–Crippen MR) is 48.2 cm³/mol. The van der Waals surface area contributed by atoms with Gasteiger partial charge in [0.05, 0.1) is 7.11 Å². The molecule has 4 heteroatoms. The number of ether oxygens (including phenoxy) is 1. The summed E-state index contributed by atoms with van der Waals surface area (Å²) in [5.74, 6) is -1.50. The Balaban J connectivity index is 2.89. The van der Waals surface area contributed by atoms with E-state index in [1.165, 1.54) is 25.6 Å². The second-order valence-electron chi connectivity index (χ2n) is 2.80. The van der Waals surface area contributed by atoms with Gasteiger partial charge in [0.15, 0.2) is 11.6 Å². The van der Waals surface area contributed by atoms with Gasteiger partial charge >= 0.3 is 0 Å². The number of hydrogen-bond donors (Lipinski definition) is 0. The highest BCUT2D eigenvalue weighted by atomic mass is 19.2. The average molecular weight is 195 g/mol. The zero-order chi connectivity index (χ0) is 10.1. The number of halogens is 2. The van der Waals surface area contributed by atoms with Crippen LogP contribution in [0, 0.1) is 11.6 Å². The van der Waals surface area contributed by atoms with Crippen LogP contribution in [0.3, 0.4) is 0 Å². The maximum absolute atomic E-state index is 13.3. The van der Waals surface area contributed by atoms with E-state index in [-0.39, 0.29) is 11.1 Å². The Kier molecular flexibility index (Phi) is 2.04. The van der Waals surface area contributed by atoms with E-state index in [4.69, 9.17) is 4.74 Å². The lowest BCUT2D eigenvalue weighted by atomic mass is 10.1. The maximum Gasteiger partial charge on any atom is 0.167 e. The van der Waals surface area contributed by atoms with Crippen LogP contribution in [-0.2, 0) is 0 Å². The van der Waals surface area contributed by atoms with E-state index in [0.29, 0.717) is 5.39 Å². The molecule has 0 aliphatic heterocycles. The molecule has 0 aliphatic rings. The van der Waals surface area contributed by atoms with E-state index in [0.717, 1.165) is 6.07 Å². The minimum absolute atomic E-state index is 0.178. The molecule has 2 aromatic rings. The normalized spacial score (nSPS) is 10.5. The molecule has 2 nitrogen and oxygen atoms in total. The molecule has 0 bridgehead atoms. The molecule has 0 spiro atoms. The zero-order valence-electron chi connectivity index (χ0n) is 7.42. The fraction of sp³-hybridized carbons (Fsp3) is 0.100. The lowest BCUT2D eigenvalue weighted by Gasteiger charge is -2.05. The van der Waals surface area contributed by atoms with E-state index in [1.54, 1.807) is 0 Å². The Morgan fingerprint density at radius 3 is 2.79 bits per heavy atom. The third kappa shape index (κ3) is 1.19. The zero-order valence-corrected chi connectivity index (χ0v) is 7.42. The molecule has 0 fully saturated rings. The summed E-state index contributed by atoms with van der Waals surface area (Å²) in [5, 5.41) is 0.644. The van der Waals surface area contributed by atoms with Crippen LogP contribution in [0.5, 0.6) is 5.75 Å². The van der Waals surface area contributed by atoms with Crippen LogP contribution in [0.25, 0.3) is 10.8 Å². The monoisotopic (exact) mass is 195 g/mol. The molecule has 2 rings (SSSR count). The van der Waals surface area contributed by atoms with Crippen LogP contribution in [-0.4, -0.2) is 12.1 Å². The van der Waals surface area contributed by atoms with Crippen molar-refractivity contribution in [2.24, 2.45) is 0 Å². The van der Waals surface area contributed by atoms with Crippen LogP contribution >= 0.6 is 0 Å². The van der Waals surface area contributed by atoms with E-state index in [9.17, 15) is 8.78 Å². The largest absolute Gasteiger partial charge is 0.496 e. The van der Waals surface area contributed by atoms with Crippen molar-refractivity contribution >= 4 is 10.8 Å². The first-order chi connectivity index (χ1) is 6.74. The standard InChI is InChI=1S/C10H7F2NO/c1-14-9-4-8(11)10(12)6-2-3-13-5-7(6)9/h2-5H,1H3. The summed E-state index contributed by atoms with van der Waals surface area (Å²) < 4.78 is 31.2. The molecule has 0 aliphatic carbocycles. The van der Waals surface area contributed by atoms with Crippen molar-refractivity contribution in [2.45, 2.75) is 0 Å². The minimum atomic E-state index is -0.916. The molecule has 0 saturated heterocycles. The van der Waals surface area contributed by atoms with Crippen molar-refractivity contribution in [1.29, 1.82) is 0 Å². The highest BCUT2D eigenvalue weighted by Crippen LogP contribution is 2.28. The van der Waals surface area contributed by atoms with Gasteiger partial charge in [0.2, 0.25) is 0 Å². The first-order valence-corrected chi connectivity index (χ1v) is 3.99. The van der Waals surface area contributed by atoms with Crippen molar-refractivity contribution in [3.63, 3.8) is 0 Å². The third-order valence-corrected chi connectivity index (χ3v) is 2.01. The second-order valence-corrected chi connectivity index (χ2v) is 2.80. The Hall–Kier alpha value is -1.71. The van der Waals surface area contributed by atoms with E-state index in [1.807, 2.05) is 0 Å². The van der Waals surface area contributed by atoms with Gasteiger partial charge in [0.1, 0.15) is 5.75 Å². The van der Waals surface area contributed by atoms with Gasteiger partial charge < -0.3 is 4.74 Å². The molecule has 1 aromatic heterocycles. The highest BCUT2D eigenvalue weighted by molar-refractivity contribution is 5.88. The minimum Gasteiger partial charge on any atom is -0.496 e. The molecular weight excluding hydrogens is 188 g/mol. The van der Waals surface area contributed by atoms with Gasteiger partial charge in [-0.3, -0.25) is 4.98 Å². The van der Waals surface area contributed by atoms with Crippen molar-refractivity contribution in [3.8, 4) is 5.75 Å². The first-order valence-electron chi connectivity index (χ1n) is 3.99. The van der Waals surface area contributed by atoms with Crippen molar-refractivity contribution in [1.82, 2.24) is 4.98 Å². The van der Waals surface area contributed by atoms with Gasteiger partial charge in [-0.1, -0.05) is 0 Å². The molecular formula is C10H7F2NO. The fourth-order valence-electron chi connectivity index (χ4n) is 1.34. The van der Waals surface area contributed by atoms with Crippen molar-refractivity contribution < 1.29 is 13.5 Å². The van der Waals surface area contributed by atoms with Crippen molar-refractivity contribution in [2.75, 3.05) is 7.11 Å². The lowest BCUT2D eigenvalue weighted by Crippen LogP contribution is -1.92. The number of aromatic nitrogens is 1. The molecule has 0 radical (unpaired) electrons. The third-order valence-electron chi connectivity index (χ3n) is 2.01. The summed E-state index contributed by atoms with van der Waals surface area (Å²) in [6.07, 6.45) is 2.85. The molecule has 1 heterocycles. The van der Waals surface area contributed by atoms with Crippen LogP contribution in [0.2, 0.25) is 0 Å². The van der Waals surface area contributed by atoms with Gasteiger partial charge in [0.25, 0.3) is 0 Å². The van der Waals surface area contributed by atoms with Gasteiger partial charge in [-0.05, 0) is 6.07 Å². The quantitative estimate of drug-likeness (QED) is 0.697. The highest BCUT2D eigenvalue weighted by Gasteiger charge is 2.11. The first kappa shape index (κ1) is 8.87. The molecule has 0 saturated carbocycles. The Bertz CT molecular complexity index is 485. The van der Waals surface area contributed by atoms with E-state index < -0.39 is 11.6 Å². The molecule has 72 valence electrons. The number of methoxy groups -OCH3 is 1. The fourth-order valence-corrected chi connectivity index (χ4v) is 1.34. The van der Waals surface area contributed by atoms with Crippen LogP contribution in [0.15, 0.2) is 24.5 Å². The topological polar surface area (TPSA) is 22.1 Å². The molecule has 0 atom stereocenters. The number of nitrogens with zero attached hydrogens (tertiary/aromatic N) is 1. The maximum atomic E-state index is 13.3. The average Bonchev–Trinajstić information content (AvgIpc) is 2.23. The lowest BCUT2D eigenvalue weighted by molar-refractivity contribution is 0.413.